The zero-order valence-electron chi connectivity index (χ0n) is 22.2. The van der Waals surface area contributed by atoms with Crippen molar-refractivity contribution in [2.45, 2.75) is 90.3 Å². The second-order valence-corrected chi connectivity index (χ2v) is 10.7. The zero-order valence-corrected chi connectivity index (χ0v) is 22.2. The Bertz CT molecular complexity index is 997. The molecular formula is C29H40N2O5. The van der Waals surface area contributed by atoms with Crippen LogP contribution in [-0.4, -0.2) is 54.7 Å². The first-order valence-electron chi connectivity index (χ1n) is 13.1. The molecule has 1 aliphatic carbocycles. The second kappa shape index (κ2) is 12.9. The lowest BCUT2D eigenvalue weighted by molar-refractivity contribution is -0.154. The van der Waals surface area contributed by atoms with Crippen LogP contribution in [0.25, 0.3) is 0 Å². The van der Waals surface area contributed by atoms with Gasteiger partial charge in [0.1, 0.15) is 5.60 Å². The van der Waals surface area contributed by atoms with Gasteiger partial charge in [0.25, 0.3) is 5.91 Å². The molecule has 1 saturated carbocycles. The van der Waals surface area contributed by atoms with E-state index in [1.807, 2.05) is 12.1 Å². The van der Waals surface area contributed by atoms with Crippen LogP contribution in [0.3, 0.4) is 0 Å². The molecule has 7 nitrogen and oxygen atoms in total. The number of rotatable bonds is 4. The molecule has 1 N–H and O–H groups in total. The number of ether oxygens (including phenoxy) is 2. The van der Waals surface area contributed by atoms with Gasteiger partial charge in [-0.25, -0.2) is 4.79 Å². The van der Waals surface area contributed by atoms with Gasteiger partial charge in [0.2, 0.25) is 0 Å². The van der Waals surface area contributed by atoms with E-state index in [9.17, 15) is 14.4 Å². The van der Waals surface area contributed by atoms with E-state index < -0.39 is 23.5 Å². The number of hydrogen-bond donors (Lipinski definition) is 1. The SMILES string of the molecule is COC1CCCCc2ccc(C#CC3CC3)cc2C(=O)N(CCC(=O)OC(C)(C)C)C(=O)NCCC1. The highest BCUT2D eigenvalue weighted by Gasteiger charge is 2.27. The van der Waals surface area contributed by atoms with Crippen LogP contribution in [0, 0.1) is 17.8 Å². The summed E-state index contributed by atoms with van der Waals surface area (Å²) in [6.45, 7) is 5.74. The second-order valence-electron chi connectivity index (χ2n) is 10.7. The van der Waals surface area contributed by atoms with Gasteiger partial charge in [-0.1, -0.05) is 24.3 Å². The number of fused-ring (bicyclic) bond motifs is 1. The van der Waals surface area contributed by atoms with E-state index in [2.05, 4.69) is 17.2 Å². The molecule has 1 heterocycles. The number of aryl methyl sites for hydroxylation is 1. The van der Waals surface area contributed by atoms with Gasteiger partial charge in [-0.15, -0.1) is 0 Å². The summed E-state index contributed by atoms with van der Waals surface area (Å²) in [6, 6.07) is 5.20. The maximum atomic E-state index is 13.8. The van der Waals surface area contributed by atoms with E-state index in [4.69, 9.17) is 9.47 Å². The molecule has 1 atom stereocenters. The van der Waals surface area contributed by atoms with Gasteiger partial charge in [0.05, 0.1) is 12.5 Å². The molecule has 0 radical (unpaired) electrons. The fourth-order valence-corrected chi connectivity index (χ4v) is 4.21. The Balaban J connectivity index is 1.88. The Kier molecular flexibility index (Phi) is 9.95. The number of imide groups is 1. The fraction of sp³-hybridized carbons (Fsp3) is 0.621. The van der Waals surface area contributed by atoms with Crippen molar-refractivity contribution in [3.05, 3.63) is 34.9 Å². The summed E-state index contributed by atoms with van der Waals surface area (Å²) in [4.78, 5) is 40.4. The van der Waals surface area contributed by atoms with Gasteiger partial charge in [0, 0.05) is 37.2 Å². The normalized spacial score (nSPS) is 19.9. The Morgan fingerprint density at radius 2 is 1.86 bits per heavy atom. The average molecular weight is 497 g/mol. The predicted molar refractivity (Wildman–Crippen MR) is 139 cm³/mol. The Labute approximate surface area is 215 Å². The van der Waals surface area contributed by atoms with E-state index in [1.54, 1.807) is 33.9 Å². The Morgan fingerprint density at radius 3 is 2.56 bits per heavy atom. The molecule has 1 aliphatic heterocycles. The molecule has 3 rings (SSSR count). The lowest BCUT2D eigenvalue weighted by Crippen LogP contribution is -2.45. The molecule has 0 bridgehead atoms. The molecule has 1 unspecified atom stereocenters. The lowest BCUT2D eigenvalue weighted by atomic mass is 9.96. The molecule has 196 valence electrons. The smallest absolute Gasteiger partial charge is 0.324 e. The van der Waals surface area contributed by atoms with Gasteiger partial charge in [-0.3, -0.25) is 14.5 Å². The molecule has 1 aromatic rings. The number of methoxy groups -OCH3 is 1. The molecule has 0 saturated heterocycles. The summed E-state index contributed by atoms with van der Waals surface area (Å²) >= 11 is 0. The highest BCUT2D eigenvalue weighted by molar-refractivity contribution is 6.05. The number of carbonyl (C=O) groups is 3. The number of urea groups is 1. The van der Waals surface area contributed by atoms with Crippen LogP contribution < -0.4 is 5.32 Å². The molecule has 0 aromatic heterocycles. The van der Waals surface area contributed by atoms with E-state index in [-0.39, 0.29) is 19.1 Å². The minimum atomic E-state index is -0.637. The topological polar surface area (TPSA) is 84.9 Å². The van der Waals surface area contributed by atoms with Crippen molar-refractivity contribution in [3.63, 3.8) is 0 Å². The van der Waals surface area contributed by atoms with Crippen molar-refractivity contribution in [1.29, 1.82) is 0 Å². The Hall–Kier alpha value is -2.85. The maximum absolute atomic E-state index is 13.8. The summed E-state index contributed by atoms with van der Waals surface area (Å²) < 4.78 is 11.0. The first-order valence-corrected chi connectivity index (χ1v) is 13.1. The molecular weight excluding hydrogens is 456 g/mol. The van der Waals surface area contributed by atoms with Crippen LogP contribution >= 0.6 is 0 Å². The first kappa shape index (κ1) is 27.7. The first-order chi connectivity index (χ1) is 17.2. The van der Waals surface area contributed by atoms with Gasteiger partial charge in [-0.2, -0.15) is 0 Å². The van der Waals surface area contributed by atoms with Crippen LogP contribution in [0.4, 0.5) is 4.79 Å². The van der Waals surface area contributed by atoms with E-state index in [0.29, 0.717) is 18.0 Å². The van der Waals surface area contributed by atoms with Gasteiger partial charge >= 0.3 is 12.0 Å². The number of benzene rings is 1. The minimum Gasteiger partial charge on any atom is -0.460 e. The molecule has 7 heteroatoms. The number of nitrogens with zero attached hydrogens (tertiary/aromatic N) is 1. The Morgan fingerprint density at radius 1 is 1.11 bits per heavy atom. The highest BCUT2D eigenvalue weighted by atomic mass is 16.6. The van der Waals surface area contributed by atoms with Gasteiger partial charge in [-0.05, 0) is 83.4 Å². The van der Waals surface area contributed by atoms with Crippen molar-refractivity contribution in [2.24, 2.45) is 5.92 Å². The third-order valence-electron chi connectivity index (χ3n) is 6.32. The number of esters is 1. The standard InChI is InChI=1S/C29H40N2O5/c1-29(2,3)36-26(32)17-19-31-27(33)25-20-22(14-13-21-11-12-21)15-16-23(25)8-5-6-9-24(35-4)10-7-18-30-28(31)34/h15-16,20-21,24H,5-12,17-19H2,1-4H3,(H,30,34). The summed E-state index contributed by atoms with van der Waals surface area (Å²) in [6.07, 6.45) is 7.47. The number of hydrogen-bond acceptors (Lipinski definition) is 5. The summed E-state index contributed by atoms with van der Waals surface area (Å²) in [5.41, 5.74) is 1.49. The lowest BCUT2D eigenvalue weighted by Gasteiger charge is -2.25. The third kappa shape index (κ3) is 8.98. The minimum absolute atomic E-state index is 0.0578. The van der Waals surface area contributed by atoms with Gasteiger partial charge < -0.3 is 14.8 Å². The van der Waals surface area contributed by atoms with Crippen LogP contribution in [0.5, 0.6) is 0 Å². The molecule has 2 aliphatic rings. The van der Waals surface area contributed by atoms with Crippen LogP contribution in [0.1, 0.15) is 93.6 Å². The van der Waals surface area contributed by atoms with Gasteiger partial charge in [0.15, 0.2) is 0 Å². The monoisotopic (exact) mass is 496 g/mol. The molecule has 36 heavy (non-hydrogen) atoms. The molecule has 0 spiro atoms. The van der Waals surface area contributed by atoms with Crippen LogP contribution in [0.15, 0.2) is 18.2 Å². The van der Waals surface area contributed by atoms with Crippen LogP contribution in [-0.2, 0) is 20.7 Å². The molecule has 1 aromatic carbocycles. The number of carbonyl (C=O) groups excluding carboxylic acids is 3. The van der Waals surface area contributed by atoms with Crippen molar-refractivity contribution < 1.29 is 23.9 Å². The predicted octanol–water partition coefficient (Wildman–Crippen LogP) is 4.85. The van der Waals surface area contributed by atoms with Crippen molar-refractivity contribution in [2.75, 3.05) is 20.2 Å². The third-order valence-corrected chi connectivity index (χ3v) is 6.32. The largest absolute Gasteiger partial charge is 0.460 e. The maximum Gasteiger partial charge on any atom is 0.324 e. The van der Waals surface area contributed by atoms with E-state index in [1.165, 1.54) is 0 Å². The van der Waals surface area contributed by atoms with Crippen LogP contribution in [0.2, 0.25) is 0 Å². The quantitative estimate of drug-likeness (QED) is 0.476. The van der Waals surface area contributed by atoms with Crippen molar-refractivity contribution in [3.8, 4) is 11.8 Å². The average Bonchev–Trinajstić information content (AvgIpc) is 3.65. The van der Waals surface area contributed by atoms with E-state index >= 15 is 0 Å². The van der Waals surface area contributed by atoms with Crippen molar-refractivity contribution in [1.82, 2.24) is 10.2 Å². The summed E-state index contributed by atoms with van der Waals surface area (Å²) in [7, 11) is 1.73. The fourth-order valence-electron chi connectivity index (χ4n) is 4.21. The number of nitrogens with one attached hydrogen (secondary N) is 1. The molecule has 3 amide bonds. The zero-order chi connectivity index (χ0) is 26.1. The van der Waals surface area contributed by atoms with Crippen molar-refractivity contribution >= 4 is 17.9 Å². The number of amides is 3. The summed E-state index contributed by atoms with van der Waals surface area (Å²) in [5.74, 6) is 6.01. The highest BCUT2D eigenvalue weighted by Crippen LogP contribution is 2.28. The van der Waals surface area contributed by atoms with E-state index in [0.717, 1.165) is 67.4 Å². The summed E-state index contributed by atoms with van der Waals surface area (Å²) in [5, 5.41) is 2.86. The molecule has 1 fully saturated rings.